The molecule has 1 aliphatic rings. The van der Waals surface area contributed by atoms with Crippen molar-refractivity contribution in [2.24, 2.45) is 0 Å². The Bertz CT molecular complexity index is 392. The Hall–Kier alpha value is -1.03. The van der Waals surface area contributed by atoms with Crippen molar-refractivity contribution >= 4 is 5.95 Å². The first-order chi connectivity index (χ1) is 8.52. The van der Waals surface area contributed by atoms with Gasteiger partial charge in [-0.25, -0.2) is 4.98 Å². The molecule has 0 aromatic carbocycles. The van der Waals surface area contributed by atoms with Crippen molar-refractivity contribution in [3.63, 3.8) is 0 Å². The highest BCUT2D eigenvalue weighted by molar-refractivity contribution is 5.30. The Kier molecular flexibility index (Phi) is 3.95. The monoisotopic (exact) mass is 251 g/mol. The van der Waals surface area contributed by atoms with Crippen LogP contribution in [0.15, 0.2) is 6.20 Å². The highest BCUT2D eigenvalue weighted by Gasteiger charge is 2.22. The van der Waals surface area contributed by atoms with Crippen LogP contribution >= 0.6 is 0 Å². The summed E-state index contributed by atoms with van der Waals surface area (Å²) in [6.45, 7) is 6.98. The average molecular weight is 251 g/mol. The van der Waals surface area contributed by atoms with Crippen LogP contribution in [0.1, 0.15) is 51.3 Å². The number of aryl methyl sites for hydroxylation is 1. The fraction of sp³-hybridized carbons (Fsp3) is 0.786. The van der Waals surface area contributed by atoms with Crippen molar-refractivity contribution in [3.8, 4) is 0 Å². The van der Waals surface area contributed by atoms with Crippen molar-refractivity contribution in [2.45, 2.75) is 58.1 Å². The third-order valence-electron chi connectivity index (χ3n) is 3.80. The zero-order valence-corrected chi connectivity index (χ0v) is 12.0. The third kappa shape index (κ3) is 3.05. The van der Waals surface area contributed by atoms with E-state index in [4.69, 9.17) is 4.74 Å². The summed E-state index contributed by atoms with van der Waals surface area (Å²) in [7, 11) is 1.75. The maximum absolute atomic E-state index is 5.43. The van der Waals surface area contributed by atoms with Crippen molar-refractivity contribution in [2.75, 3.05) is 19.0 Å². The highest BCUT2D eigenvalue weighted by Crippen LogP contribution is 2.32. The zero-order valence-electron chi connectivity index (χ0n) is 12.0. The minimum Gasteiger partial charge on any atom is -0.377 e. The average Bonchev–Trinajstić information content (AvgIpc) is 2.95. The maximum atomic E-state index is 5.43. The van der Waals surface area contributed by atoms with Gasteiger partial charge in [0, 0.05) is 25.9 Å². The van der Waals surface area contributed by atoms with Gasteiger partial charge >= 0.3 is 0 Å². The van der Waals surface area contributed by atoms with Gasteiger partial charge in [-0.1, -0.05) is 12.8 Å². The smallest absolute Gasteiger partial charge is 0.203 e. The van der Waals surface area contributed by atoms with E-state index in [2.05, 4.69) is 41.8 Å². The topological polar surface area (TPSA) is 39.1 Å². The minimum absolute atomic E-state index is 0.166. The van der Waals surface area contributed by atoms with Gasteiger partial charge in [0.1, 0.15) is 0 Å². The molecule has 1 aliphatic carbocycles. The van der Waals surface area contributed by atoms with E-state index in [1.165, 1.54) is 25.7 Å². The molecule has 0 spiro atoms. The van der Waals surface area contributed by atoms with Crippen LogP contribution in [-0.2, 0) is 4.74 Å². The van der Waals surface area contributed by atoms with Gasteiger partial charge in [0.25, 0.3) is 0 Å². The van der Waals surface area contributed by atoms with E-state index in [-0.39, 0.29) is 5.60 Å². The molecule has 1 fully saturated rings. The first kappa shape index (κ1) is 13.4. The van der Waals surface area contributed by atoms with Crippen molar-refractivity contribution in [1.29, 1.82) is 0 Å². The number of nitrogens with zero attached hydrogens (tertiary/aromatic N) is 2. The van der Waals surface area contributed by atoms with E-state index in [0.29, 0.717) is 6.04 Å². The molecular formula is C14H25N3O. The van der Waals surface area contributed by atoms with Crippen LogP contribution in [0.4, 0.5) is 5.95 Å². The Balaban J connectivity index is 2.07. The van der Waals surface area contributed by atoms with Crippen LogP contribution in [0.3, 0.4) is 0 Å². The van der Waals surface area contributed by atoms with Gasteiger partial charge in [-0.2, -0.15) is 0 Å². The Morgan fingerprint density at radius 3 is 2.72 bits per heavy atom. The predicted octanol–water partition coefficient (Wildman–Crippen LogP) is 3.14. The highest BCUT2D eigenvalue weighted by atomic mass is 16.5. The van der Waals surface area contributed by atoms with Gasteiger partial charge in [0.05, 0.1) is 11.3 Å². The molecule has 102 valence electrons. The molecule has 4 heteroatoms. The molecule has 0 bridgehead atoms. The lowest BCUT2D eigenvalue weighted by Gasteiger charge is -2.24. The molecule has 0 unspecified atom stereocenters. The molecule has 0 atom stereocenters. The molecule has 18 heavy (non-hydrogen) atoms. The van der Waals surface area contributed by atoms with Crippen molar-refractivity contribution < 1.29 is 4.74 Å². The Morgan fingerprint density at radius 1 is 1.44 bits per heavy atom. The van der Waals surface area contributed by atoms with Crippen LogP contribution in [0.25, 0.3) is 0 Å². The number of anilines is 1. The second kappa shape index (κ2) is 5.31. The van der Waals surface area contributed by atoms with E-state index >= 15 is 0 Å². The molecule has 0 amide bonds. The molecule has 1 aromatic rings. The van der Waals surface area contributed by atoms with Gasteiger partial charge in [0.15, 0.2) is 0 Å². The molecule has 0 radical (unpaired) electrons. The number of nitrogens with one attached hydrogen (secondary N) is 1. The van der Waals surface area contributed by atoms with Crippen molar-refractivity contribution in [3.05, 3.63) is 11.9 Å². The van der Waals surface area contributed by atoms with Crippen LogP contribution in [-0.4, -0.2) is 28.8 Å². The normalized spacial score (nSPS) is 17.3. The molecule has 2 rings (SSSR count). The lowest BCUT2D eigenvalue weighted by Crippen LogP contribution is -2.33. The third-order valence-corrected chi connectivity index (χ3v) is 3.80. The number of ether oxygens (including phenoxy) is 1. The molecule has 1 aromatic heterocycles. The van der Waals surface area contributed by atoms with E-state index in [9.17, 15) is 0 Å². The number of methoxy groups -OCH3 is 1. The number of rotatable bonds is 5. The first-order valence-electron chi connectivity index (χ1n) is 6.86. The van der Waals surface area contributed by atoms with Gasteiger partial charge in [-0.3, -0.25) is 0 Å². The summed E-state index contributed by atoms with van der Waals surface area (Å²) in [4.78, 5) is 4.59. The summed E-state index contributed by atoms with van der Waals surface area (Å²) in [5, 5.41) is 3.43. The largest absolute Gasteiger partial charge is 0.377 e. The summed E-state index contributed by atoms with van der Waals surface area (Å²) in [5.74, 6) is 0.990. The SMILES string of the molecule is COC(C)(C)CNc1nc(C)cn1C1CCCC1. The zero-order chi connectivity index (χ0) is 13.2. The van der Waals surface area contributed by atoms with E-state index < -0.39 is 0 Å². The Morgan fingerprint density at radius 2 is 2.11 bits per heavy atom. The predicted molar refractivity (Wildman–Crippen MR) is 74.0 cm³/mol. The summed E-state index contributed by atoms with van der Waals surface area (Å²) in [6.07, 6.45) is 7.39. The molecule has 0 aliphatic heterocycles. The molecule has 1 N–H and O–H groups in total. The standard InChI is InChI=1S/C14H25N3O/c1-11-9-17(12-7-5-6-8-12)13(16-11)15-10-14(2,3)18-4/h9,12H,5-8,10H2,1-4H3,(H,15,16). The second-order valence-corrected chi connectivity index (χ2v) is 5.87. The molecule has 1 saturated carbocycles. The summed E-state index contributed by atoms with van der Waals surface area (Å²) in [5.41, 5.74) is 0.917. The number of imidazole rings is 1. The summed E-state index contributed by atoms with van der Waals surface area (Å²) >= 11 is 0. The quantitative estimate of drug-likeness (QED) is 0.873. The number of aromatic nitrogens is 2. The second-order valence-electron chi connectivity index (χ2n) is 5.87. The maximum Gasteiger partial charge on any atom is 0.203 e. The summed E-state index contributed by atoms with van der Waals surface area (Å²) in [6, 6.07) is 0.624. The van der Waals surface area contributed by atoms with Crippen molar-refractivity contribution in [1.82, 2.24) is 9.55 Å². The lowest BCUT2D eigenvalue weighted by molar-refractivity contribution is 0.0341. The van der Waals surface area contributed by atoms with E-state index in [1.807, 2.05) is 0 Å². The lowest BCUT2D eigenvalue weighted by atomic mass is 10.1. The van der Waals surface area contributed by atoms with Gasteiger partial charge < -0.3 is 14.6 Å². The molecule has 4 nitrogen and oxygen atoms in total. The van der Waals surface area contributed by atoms with Gasteiger partial charge in [-0.05, 0) is 33.6 Å². The van der Waals surface area contributed by atoms with Gasteiger partial charge in [0.2, 0.25) is 5.95 Å². The Labute approximate surface area is 110 Å². The molecule has 1 heterocycles. The number of hydrogen-bond acceptors (Lipinski definition) is 3. The van der Waals surface area contributed by atoms with Crippen LogP contribution < -0.4 is 5.32 Å². The van der Waals surface area contributed by atoms with E-state index in [1.54, 1.807) is 7.11 Å². The van der Waals surface area contributed by atoms with Crippen LogP contribution in [0, 0.1) is 6.92 Å². The summed E-state index contributed by atoms with van der Waals surface area (Å²) < 4.78 is 7.75. The van der Waals surface area contributed by atoms with Gasteiger partial charge in [-0.15, -0.1) is 0 Å². The minimum atomic E-state index is -0.166. The first-order valence-corrected chi connectivity index (χ1v) is 6.86. The number of hydrogen-bond donors (Lipinski definition) is 1. The van der Waals surface area contributed by atoms with Crippen LogP contribution in [0.5, 0.6) is 0 Å². The molecular weight excluding hydrogens is 226 g/mol. The van der Waals surface area contributed by atoms with Crippen LogP contribution in [0.2, 0.25) is 0 Å². The molecule has 0 saturated heterocycles. The van der Waals surface area contributed by atoms with E-state index in [0.717, 1.165) is 18.2 Å². The fourth-order valence-electron chi connectivity index (χ4n) is 2.47. The fourth-order valence-corrected chi connectivity index (χ4v) is 2.47.